The highest BCUT2D eigenvalue weighted by Gasteiger charge is 2.37. The Morgan fingerprint density at radius 2 is 2.18 bits per heavy atom. The van der Waals surface area contributed by atoms with Crippen LogP contribution in [-0.4, -0.2) is 23.2 Å². The number of nitrogens with one attached hydrogen (secondary N) is 1. The van der Waals surface area contributed by atoms with E-state index in [1.165, 1.54) is 6.08 Å². The zero-order chi connectivity index (χ0) is 12.5. The lowest BCUT2D eigenvalue weighted by atomic mass is 9.93. The third-order valence-electron chi connectivity index (χ3n) is 2.72. The molecule has 90 valence electrons. The van der Waals surface area contributed by atoms with E-state index in [2.05, 4.69) is 5.32 Å². The van der Waals surface area contributed by atoms with Gasteiger partial charge >= 0.3 is 5.97 Å². The second-order valence-electron chi connectivity index (χ2n) is 4.12. The standard InChI is InChI=1S/C13H15NO3/c1-3-17-12(16)13(2)8-11(15)9-6-4-5-7-10(9)14-13/h4-8,14-15H,3H2,1-2H3/t13-/m1/s1. The van der Waals surface area contributed by atoms with E-state index in [1.807, 2.05) is 18.2 Å². The van der Waals surface area contributed by atoms with Gasteiger partial charge in [0.25, 0.3) is 0 Å². The Kier molecular flexibility index (Phi) is 2.79. The van der Waals surface area contributed by atoms with Crippen molar-refractivity contribution in [3.8, 4) is 0 Å². The normalized spacial score (nSPS) is 22.1. The van der Waals surface area contributed by atoms with Crippen LogP contribution in [0.4, 0.5) is 5.69 Å². The summed E-state index contributed by atoms with van der Waals surface area (Å²) in [6, 6.07) is 7.28. The molecular formula is C13H15NO3. The fourth-order valence-electron chi connectivity index (χ4n) is 1.87. The maximum atomic E-state index is 11.8. The van der Waals surface area contributed by atoms with E-state index in [4.69, 9.17) is 4.74 Å². The molecule has 1 atom stereocenters. The van der Waals surface area contributed by atoms with Crippen molar-refractivity contribution < 1.29 is 14.6 Å². The topological polar surface area (TPSA) is 58.6 Å². The number of rotatable bonds is 2. The van der Waals surface area contributed by atoms with Crippen molar-refractivity contribution >= 4 is 17.4 Å². The molecule has 1 aromatic carbocycles. The SMILES string of the molecule is CCOC(=O)[C@@]1(C)C=C(O)c2ccccc2N1. The Morgan fingerprint density at radius 3 is 2.88 bits per heavy atom. The number of hydrogen-bond donors (Lipinski definition) is 2. The Balaban J connectivity index is 2.39. The van der Waals surface area contributed by atoms with Crippen LogP contribution in [0.2, 0.25) is 0 Å². The number of aliphatic hydroxyl groups excluding tert-OH is 1. The van der Waals surface area contributed by atoms with Crippen LogP contribution in [0.5, 0.6) is 0 Å². The van der Waals surface area contributed by atoms with E-state index < -0.39 is 11.5 Å². The van der Waals surface area contributed by atoms with Gasteiger partial charge in [0.2, 0.25) is 0 Å². The molecule has 2 rings (SSSR count). The number of para-hydroxylation sites is 1. The average molecular weight is 233 g/mol. The predicted molar refractivity (Wildman–Crippen MR) is 65.7 cm³/mol. The van der Waals surface area contributed by atoms with Crippen molar-refractivity contribution in [1.29, 1.82) is 0 Å². The number of aliphatic hydroxyl groups is 1. The number of fused-ring (bicyclic) bond motifs is 1. The van der Waals surface area contributed by atoms with Gasteiger partial charge in [-0.3, -0.25) is 0 Å². The highest BCUT2D eigenvalue weighted by Crippen LogP contribution is 2.32. The highest BCUT2D eigenvalue weighted by atomic mass is 16.5. The van der Waals surface area contributed by atoms with Crippen molar-refractivity contribution in [3.63, 3.8) is 0 Å². The number of ether oxygens (including phenoxy) is 1. The van der Waals surface area contributed by atoms with Gasteiger partial charge in [0.05, 0.1) is 6.61 Å². The fourth-order valence-corrected chi connectivity index (χ4v) is 1.87. The Labute approximate surface area is 99.9 Å². The molecule has 4 nitrogen and oxygen atoms in total. The highest BCUT2D eigenvalue weighted by molar-refractivity contribution is 5.93. The molecule has 1 heterocycles. The molecule has 2 N–H and O–H groups in total. The molecule has 0 bridgehead atoms. The summed E-state index contributed by atoms with van der Waals surface area (Å²) in [6.45, 7) is 3.74. The van der Waals surface area contributed by atoms with E-state index >= 15 is 0 Å². The third kappa shape index (κ3) is 1.98. The Hall–Kier alpha value is -1.97. The molecule has 17 heavy (non-hydrogen) atoms. The molecule has 0 amide bonds. The minimum Gasteiger partial charge on any atom is -0.507 e. The summed E-state index contributed by atoms with van der Waals surface area (Å²) in [7, 11) is 0. The quantitative estimate of drug-likeness (QED) is 0.770. The maximum Gasteiger partial charge on any atom is 0.335 e. The molecule has 0 saturated carbocycles. The van der Waals surface area contributed by atoms with Gasteiger partial charge in [-0.15, -0.1) is 0 Å². The van der Waals surface area contributed by atoms with Crippen LogP contribution >= 0.6 is 0 Å². The summed E-state index contributed by atoms with van der Waals surface area (Å²) in [5, 5.41) is 13.0. The zero-order valence-corrected chi connectivity index (χ0v) is 9.86. The smallest absolute Gasteiger partial charge is 0.335 e. The number of hydrogen-bond acceptors (Lipinski definition) is 4. The summed E-state index contributed by atoms with van der Waals surface area (Å²) in [5.74, 6) is -0.309. The second-order valence-corrected chi connectivity index (χ2v) is 4.12. The van der Waals surface area contributed by atoms with E-state index in [1.54, 1.807) is 19.9 Å². The van der Waals surface area contributed by atoms with Crippen LogP contribution in [0.15, 0.2) is 30.3 Å². The van der Waals surface area contributed by atoms with Crippen molar-refractivity contribution in [3.05, 3.63) is 35.9 Å². The number of benzene rings is 1. The number of carbonyl (C=O) groups excluding carboxylic acids is 1. The van der Waals surface area contributed by atoms with Gasteiger partial charge in [-0.25, -0.2) is 4.79 Å². The lowest BCUT2D eigenvalue weighted by molar-refractivity contribution is -0.146. The average Bonchev–Trinajstić information content (AvgIpc) is 2.29. The summed E-state index contributed by atoms with van der Waals surface area (Å²) in [4.78, 5) is 11.8. The van der Waals surface area contributed by atoms with Crippen molar-refractivity contribution in [2.75, 3.05) is 11.9 Å². The summed E-state index contributed by atoms with van der Waals surface area (Å²) >= 11 is 0. The van der Waals surface area contributed by atoms with Crippen LogP contribution < -0.4 is 5.32 Å². The van der Waals surface area contributed by atoms with Gasteiger partial charge in [-0.05, 0) is 32.1 Å². The van der Waals surface area contributed by atoms with Gasteiger partial charge in [-0.2, -0.15) is 0 Å². The molecule has 0 aromatic heterocycles. The van der Waals surface area contributed by atoms with E-state index in [0.29, 0.717) is 12.2 Å². The minimum absolute atomic E-state index is 0.0925. The Bertz CT molecular complexity index is 481. The van der Waals surface area contributed by atoms with Crippen molar-refractivity contribution in [2.45, 2.75) is 19.4 Å². The molecule has 0 saturated heterocycles. The first-order valence-electron chi connectivity index (χ1n) is 5.53. The third-order valence-corrected chi connectivity index (χ3v) is 2.72. The monoisotopic (exact) mass is 233 g/mol. The largest absolute Gasteiger partial charge is 0.507 e. The minimum atomic E-state index is -1.02. The van der Waals surface area contributed by atoms with E-state index in [0.717, 1.165) is 5.69 Å². The molecule has 1 aliphatic rings. The molecule has 0 unspecified atom stereocenters. The number of carbonyl (C=O) groups is 1. The summed E-state index contributed by atoms with van der Waals surface area (Å²) in [6.07, 6.45) is 1.48. The molecule has 0 aliphatic carbocycles. The van der Waals surface area contributed by atoms with E-state index in [-0.39, 0.29) is 5.76 Å². The van der Waals surface area contributed by atoms with Crippen LogP contribution in [0.1, 0.15) is 19.4 Å². The van der Waals surface area contributed by atoms with Crippen LogP contribution in [0.3, 0.4) is 0 Å². The summed E-state index contributed by atoms with van der Waals surface area (Å²) in [5.41, 5.74) is 0.395. The van der Waals surface area contributed by atoms with Gasteiger partial charge in [-0.1, -0.05) is 12.1 Å². The molecular weight excluding hydrogens is 218 g/mol. The van der Waals surface area contributed by atoms with Crippen molar-refractivity contribution in [2.24, 2.45) is 0 Å². The molecule has 4 heteroatoms. The van der Waals surface area contributed by atoms with Gasteiger partial charge in [0, 0.05) is 11.3 Å². The molecule has 1 aliphatic heterocycles. The maximum absolute atomic E-state index is 11.8. The van der Waals surface area contributed by atoms with Crippen LogP contribution in [0.25, 0.3) is 5.76 Å². The summed E-state index contributed by atoms with van der Waals surface area (Å²) < 4.78 is 4.99. The molecule has 0 fully saturated rings. The first-order chi connectivity index (χ1) is 8.07. The lowest BCUT2D eigenvalue weighted by Gasteiger charge is -2.31. The lowest BCUT2D eigenvalue weighted by Crippen LogP contribution is -2.44. The van der Waals surface area contributed by atoms with Gasteiger partial charge < -0.3 is 15.2 Å². The first-order valence-corrected chi connectivity index (χ1v) is 5.53. The fraction of sp³-hybridized carbons (Fsp3) is 0.308. The van der Waals surface area contributed by atoms with Crippen LogP contribution in [-0.2, 0) is 9.53 Å². The van der Waals surface area contributed by atoms with Crippen molar-refractivity contribution in [1.82, 2.24) is 0 Å². The number of anilines is 1. The first kappa shape index (κ1) is 11.5. The second kappa shape index (κ2) is 4.13. The number of esters is 1. The molecule has 1 aromatic rings. The molecule has 0 spiro atoms. The van der Waals surface area contributed by atoms with E-state index in [9.17, 15) is 9.90 Å². The van der Waals surface area contributed by atoms with Gasteiger partial charge in [0.1, 0.15) is 5.76 Å². The zero-order valence-electron chi connectivity index (χ0n) is 9.86. The van der Waals surface area contributed by atoms with Gasteiger partial charge in [0.15, 0.2) is 5.54 Å². The Morgan fingerprint density at radius 1 is 1.47 bits per heavy atom. The van der Waals surface area contributed by atoms with Crippen LogP contribution in [0, 0.1) is 0 Å². The predicted octanol–water partition coefficient (Wildman–Crippen LogP) is 2.33. The molecule has 0 radical (unpaired) electrons.